The van der Waals surface area contributed by atoms with Crippen molar-refractivity contribution in [3.05, 3.63) is 32.5 Å². The number of hydrogen-bond donors (Lipinski definition) is 2. The Hall–Kier alpha value is -1.24. The van der Waals surface area contributed by atoms with Gasteiger partial charge in [0.15, 0.2) is 14.7 Å². The summed E-state index contributed by atoms with van der Waals surface area (Å²) in [7, 11) is -3.85. The normalized spacial score (nSPS) is 11.9. The van der Waals surface area contributed by atoms with E-state index in [9.17, 15) is 18.3 Å². The van der Waals surface area contributed by atoms with Crippen molar-refractivity contribution in [3.8, 4) is 5.75 Å². The number of H-pyrrole nitrogens is 1. The molecule has 1 aromatic carbocycles. The molecule has 0 fully saturated rings. The maximum atomic E-state index is 11.6. The third-order valence-electron chi connectivity index (χ3n) is 2.36. The molecule has 2 rings (SSSR count). The molecular weight excluding hydrogens is 301 g/mol. The Kier molecular flexibility index (Phi) is 3.04. The van der Waals surface area contributed by atoms with Crippen LogP contribution in [-0.4, -0.2) is 24.8 Å². The van der Waals surface area contributed by atoms with Crippen LogP contribution in [0, 0.1) is 0 Å². The number of rotatable bonds is 1. The monoisotopic (exact) mass is 307 g/mol. The number of benzene rings is 1. The molecule has 2 aromatic rings. The maximum absolute atomic E-state index is 11.6. The average molecular weight is 308 g/mol. The summed E-state index contributed by atoms with van der Waals surface area (Å²) in [5, 5.41) is 10.3. The van der Waals surface area contributed by atoms with Gasteiger partial charge >= 0.3 is 0 Å². The van der Waals surface area contributed by atoms with Gasteiger partial charge in [-0.15, -0.1) is 0 Å². The van der Waals surface area contributed by atoms with E-state index in [0.29, 0.717) is 0 Å². The van der Waals surface area contributed by atoms with Gasteiger partial charge in [-0.2, -0.15) is 0 Å². The lowest BCUT2D eigenvalue weighted by Gasteiger charge is -2.07. The van der Waals surface area contributed by atoms with Crippen molar-refractivity contribution in [2.75, 3.05) is 6.26 Å². The highest BCUT2D eigenvalue weighted by atomic mass is 35.5. The van der Waals surface area contributed by atoms with Gasteiger partial charge in [0, 0.05) is 11.6 Å². The van der Waals surface area contributed by atoms with Gasteiger partial charge in [0.2, 0.25) is 0 Å². The van der Waals surface area contributed by atoms with Crippen LogP contribution in [-0.2, 0) is 9.84 Å². The van der Waals surface area contributed by atoms with Crippen LogP contribution in [0.15, 0.2) is 21.8 Å². The molecule has 96 valence electrons. The molecule has 0 atom stereocenters. The minimum Gasteiger partial charge on any atom is -0.506 e. The van der Waals surface area contributed by atoms with E-state index in [1.807, 2.05) is 0 Å². The van der Waals surface area contributed by atoms with Crippen LogP contribution in [0.25, 0.3) is 10.9 Å². The van der Waals surface area contributed by atoms with Crippen molar-refractivity contribution < 1.29 is 13.5 Å². The molecule has 1 heterocycles. The van der Waals surface area contributed by atoms with E-state index in [1.165, 1.54) is 12.1 Å². The van der Waals surface area contributed by atoms with E-state index in [0.717, 1.165) is 6.26 Å². The third-order valence-corrected chi connectivity index (χ3v) is 4.20. The number of aromatic amines is 1. The van der Waals surface area contributed by atoms with Gasteiger partial charge in [-0.05, 0) is 12.1 Å². The molecular formula is C10H7Cl2NO4S. The molecule has 0 unspecified atom stereocenters. The fourth-order valence-corrected chi connectivity index (χ4v) is 2.78. The number of aromatic hydroxyl groups is 1. The molecule has 0 aliphatic rings. The van der Waals surface area contributed by atoms with Crippen LogP contribution in [0.4, 0.5) is 0 Å². The second-order valence-electron chi connectivity index (χ2n) is 3.72. The van der Waals surface area contributed by atoms with Gasteiger partial charge in [-0.3, -0.25) is 4.79 Å². The summed E-state index contributed by atoms with van der Waals surface area (Å²) >= 11 is 11.5. The molecule has 5 nitrogen and oxygen atoms in total. The molecule has 0 bridgehead atoms. The van der Waals surface area contributed by atoms with E-state index in [1.54, 1.807) is 0 Å². The van der Waals surface area contributed by atoms with Gasteiger partial charge in [0.05, 0.1) is 15.6 Å². The van der Waals surface area contributed by atoms with Crippen LogP contribution in [0.1, 0.15) is 0 Å². The van der Waals surface area contributed by atoms with Crippen molar-refractivity contribution in [1.29, 1.82) is 0 Å². The lowest BCUT2D eigenvalue weighted by Crippen LogP contribution is -2.16. The van der Waals surface area contributed by atoms with Crippen molar-refractivity contribution in [1.82, 2.24) is 4.98 Å². The van der Waals surface area contributed by atoms with Crippen LogP contribution in [0.3, 0.4) is 0 Å². The topological polar surface area (TPSA) is 87.2 Å². The molecule has 1 aromatic heterocycles. The molecule has 0 saturated carbocycles. The van der Waals surface area contributed by atoms with Crippen LogP contribution in [0.2, 0.25) is 10.0 Å². The number of halogens is 2. The van der Waals surface area contributed by atoms with E-state index in [-0.39, 0.29) is 20.9 Å². The standard InChI is InChI=1S/C10H7Cl2NO4S/c1-18(16,17)9-8(14)4-2-5(11)6(12)3-7(4)13-10(9)15/h2-3H,1H3,(H2,13,14,15). The van der Waals surface area contributed by atoms with E-state index in [4.69, 9.17) is 23.2 Å². The molecule has 18 heavy (non-hydrogen) atoms. The van der Waals surface area contributed by atoms with Gasteiger partial charge < -0.3 is 10.1 Å². The molecule has 0 aliphatic carbocycles. The number of sulfone groups is 1. The summed E-state index contributed by atoms with van der Waals surface area (Å²) in [5.74, 6) is -0.630. The fourth-order valence-electron chi connectivity index (χ4n) is 1.60. The quantitative estimate of drug-likeness (QED) is 0.843. The summed E-state index contributed by atoms with van der Waals surface area (Å²) in [6, 6.07) is 2.63. The minimum atomic E-state index is -3.85. The maximum Gasteiger partial charge on any atom is 0.271 e. The predicted octanol–water partition coefficient (Wildman–Crippen LogP) is 1.94. The van der Waals surface area contributed by atoms with Crippen molar-refractivity contribution >= 4 is 43.9 Å². The Balaban J connectivity index is 3.04. The van der Waals surface area contributed by atoms with Crippen molar-refractivity contribution in [2.24, 2.45) is 0 Å². The first kappa shape index (κ1) is 13.2. The Morgan fingerprint density at radius 1 is 1.22 bits per heavy atom. The summed E-state index contributed by atoms with van der Waals surface area (Å²) in [5.41, 5.74) is -0.694. The van der Waals surface area contributed by atoms with E-state index >= 15 is 0 Å². The molecule has 8 heteroatoms. The third kappa shape index (κ3) is 2.07. The molecule has 0 saturated heterocycles. The molecule has 0 spiro atoms. The highest BCUT2D eigenvalue weighted by Crippen LogP contribution is 2.33. The molecule has 0 radical (unpaired) electrons. The Labute approximate surface area is 112 Å². The first-order valence-electron chi connectivity index (χ1n) is 4.66. The number of pyridine rings is 1. The zero-order valence-electron chi connectivity index (χ0n) is 8.99. The van der Waals surface area contributed by atoms with Gasteiger partial charge in [-0.25, -0.2) is 8.42 Å². The predicted molar refractivity (Wildman–Crippen MR) is 69.4 cm³/mol. The summed E-state index contributed by atoms with van der Waals surface area (Å²) in [6.45, 7) is 0. The van der Waals surface area contributed by atoms with Gasteiger partial charge in [0.25, 0.3) is 5.56 Å². The SMILES string of the molecule is CS(=O)(=O)c1c(O)c2cc(Cl)c(Cl)cc2[nH]c1=O. The Bertz CT molecular complexity index is 811. The molecule has 2 N–H and O–H groups in total. The van der Waals surface area contributed by atoms with Gasteiger partial charge in [0.1, 0.15) is 5.75 Å². The first-order chi connectivity index (χ1) is 8.21. The van der Waals surface area contributed by atoms with E-state index < -0.39 is 26.0 Å². The van der Waals surface area contributed by atoms with E-state index in [2.05, 4.69) is 4.98 Å². The summed E-state index contributed by atoms with van der Waals surface area (Å²) < 4.78 is 22.9. The van der Waals surface area contributed by atoms with Crippen LogP contribution in [0.5, 0.6) is 5.75 Å². The smallest absolute Gasteiger partial charge is 0.271 e. The van der Waals surface area contributed by atoms with Crippen molar-refractivity contribution in [3.63, 3.8) is 0 Å². The molecule has 0 aliphatic heterocycles. The zero-order chi connectivity index (χ0) is 13.7. The highest BCUT2D eigenvalue weighted by molar-refractivity contribution is 7.90. The second kappa shape index (κ2) is 4.15. The Morgan fingerprint density at radius 3 is 2.33 bits per heavy atom. The van der Waals surface area contributed by atoms with Crippen LogP contribution < -0.4 is 5.56 Å². The van der Waals surface area contributed by atoms with Crippen molar-refractivity contribution in [2.45, 2.75) is 4.90 Å². The first-order valence-corrected chi connectivity index (χ1v) is 7.30. The van der Waals surface area contributed by atoms with Crippen LogP contribution >= 0.6 is 23.2 Å². The summed E-state index contributed by atoms with van der Waals surface area (Å²) in [6.07, 6.45) is 0.834. The zero-order valence-corrected chi connectivity index (χ0v) is 11.3. The number of aromatic nitrogens is 1. The minimum absolute atomic E-state index is 0.115. The number of hydrogen-bond acceptors (Lipinski definition) is 4. The van der Waals surface area contributed by atoms with Gasteiger partial charge in [-0.1, -0.05) is 23.2 Å². The average Bonchev–Trinajstić information content (AvgIpc) is 2.19. The fraction of sp³-hybridized carbons (Fsp3) is 0.100. The number of nitrogens with one attached hydrogen (secondary N) is 1. The second-order valence-corrected chi connectivity index (χ2v) is 6.48. The largest absolute Gasteiger partial charge is 0.506 e. The summed E-state index contributed by atoms with van der Waals surface area (Å²) in [4.78, 5) is 13.3. The Morgan fingerprint density at radius 2 is 1.78 bits per heavy atom. The number of fused-ring (bicyclic) bond motifs is 1. The highest BCUT2D eigenvalue weighted by Gasteiger charge is 2.21. The lowest BCUT2D eigenvalue weighted by atomic mass is 10.2. The molecule has 0 amide bonds. The lowest BCUT2D eigenvalue weighted by molar-refractivity contribution is 0.463.